The molecular formula is C80H50N8. The van der Waals surface area contributed by atoms with Gasteiger partial charge in [-0.1, -0.05) is 182 Å². The summed E-state index contributed by atoms with van der Waals surface area (Å²) in [5.41, 5.74) is 23.0. The zero-order chi connectivity index (χ0) is 58.3. The Kier molecular flexibility index (Phi) is 13.0. The third-order valence-corrected chi connectivity index (χ3v) is 16.7. The molecule has 7 heterocycles. The Labute approximate surface area is 508 Å². The van der Waals surface area contributed by atoms with Gasteiger partial charge in [-0.15, -0.1) is 0 Å². The molecule has 0 fully saturated rings. The van der Waals surface area contributed by atoms with Gasteiger partial charge in [-0.3, -0.25) is 24.9 Å². The van der Waals surface area contributed by atoms with E-state index in [9.17, 15) is 0 Å². The average Bonchev–Trinajstić information content (AvgIpc) is 1.43. The van der Waals surface area contributed by atoms with Crippen LogP contribution in [0.3, 0.4) is 0 Å². The minimum absolute atomic E-state index is 0.775. The Balaban J connectivity index is 0.749. The van der Waals surface area contributed by atoms with Gasteiger partial charge >= 0.3 is 0 Å². The summed E-state index contributed by atoms with van der Waals surface area (Å²) in [6, 6.07) is 89.9. The van der Waals surface area contributed by atoms with Crippen molar-refractivity contribution in [2.24, 2.45) is 0 Å². The van der Waals surface area contributed by atoms with Gasteiger partial charge in [-0.05, 0) is 166 Å². The summed E-state index contributed by atoms with van der Waals surface area (Å²) in [5.74, 6) is 0. The molecule has 0 saturated carbocycles. The van der Waals surface area contributed by atoms with Gasteiger partial charge in [0.15, 0.2) is 0 Å². The Hall–Kier alpha value is -12.0. The molecule has 7 aromatic heterocycles. The van der Waals surface area contributed by atoms with Gasteiger partial charge in [-0.25, -0.2) is 15.0 Å². The van der Waals surface area contributed by atoms with Crippen molar-refractivity contribution >= 4 is 43.2 Å². The molecule has 0 saturated heterocycles. The lowest BCUT2D eigenvalue weighted by molar-refractivity contribution is 1.22. The lowest BCUT2D eigenvalue weighted by Gasteiger charge is -2.19. The van der Waals surface area contributed by atoms with E-state index in [1.54, 1.807) is 18.7 Å². The highest BCUT2D eigenvalue weighted by Crippen LogP contribution is 2.47. The van der Waals surface area contributed by atoms with Crippen LogP contribution in [0.15, 0.2) is 304 Å². The number of aromatic nitrogens is 8. The lowest BCUT2D eigenvalue weighted by atomic mass is 9.84. The molecule has 0 atom stereocenters. The highest BCUT2D eigenvalue weighted by atomic mass is 14.8. The smallest absolute Gasteiger partial charge is 0.116 e. The second-order valence-corrected chi connectivity index (χ2v) is 21.9. The van der Waals surface area contributed by atoms with Crippen molar-refractivity contribution in [2.75, 3.05) is 0 Å². The average molecular weight is 1120 g/mol. The van der Waals surface area contributed by atoms with E-state index in [4.69, 9.17) is 24.9 Å². The highest BCUT2D eigenvalue weighted by molar-refractivity contribution is 6.23. The fourth-order valence-corrected chi connectivity index (χ4v) is 12.5. The summed E-state index contributed by atoms with van der Waals surface area (Å²) < 4.78 is 0. The molecule has 0 aliphatic carbocycles. The summed E-state index contributed by atoms with van der Waals surface area (Å²) in [7, 11) is 0. The molecule has 0 N–H and O–H groups in total. The minimum atomic E-state index is 0.775. The van der Waals surface area contributed by atoms with Gasteiger partial charge in [0, 0.05) is 76.6 Å². The molecule has 0 aliphatic heterocycles. The standard InChI is InChI=1S/C80H50N8/c1-2-15-52(16-3-1)79-78(64-18-5-4-17-63(64)69-49-82-50-87-80(69)79)55-33-31-54(32-34-55)77-67-21-8-6-19-65(67)76(66-20-7-9-22-68(66)77)53-29-27-51(28-30-53)61-44-62(46-81-45-61)60-42-58(56-35-37-72(85-47-56)70-23-10-12-39-83-70)41-59(43-60)57-36-38-73(86-48-57)75-26-14-25-74(88-75)71-24-11-13-40-84-71/h1-50H. The normalized spacial score (nSPS) is 11.4. The second-order valence-electron chi connectivity index (χ2n) is 21.9. The van der Waals surface area contributed by atoms with Crippen LogP contribution in [-0.2, 0) is 0 Å². The van der Waals surface area contributed by atoms with E-state index in [1.165, 1.54) is 38.1 Å². The molecule has 16 aromatic rings. The van der Waals surface area contributed by atoms with Gasteiger partial charge in [0.05, 0.1) is 39.7 Å². The SMILES string of the molecule is c1ccc(-c2c(-c3ccc(-c4c5ccccc5c(-c5ccc(-c6cncc(-c7cc(-c8ccc(-c9ccccn9)nc8)cc(-c8ccc(-c9cccc(-c%10ccccn%10)n9)nc8)c7)c6)cc5)c5ccccc45)cc3)c3ccccc3c3cncnc23)cc1. The highest BCUT2D eigenvalue weighted by Gasteiger charge is 2.21. The zero-order valence-electron chi connectivity index (χ0n) is 47.4. The van der Waals surface area contributed by atoms with E-state index >= 15 is 0 Å². The Morgan fingerprint density at radius 3 is 1.11 bits per heavy atom. The maximum atomic E-state index is 4.96. The molecule has 88 heavy (non-hydrogen) atoms. The molecule has 16 rings (SSSR count). The largest absolute Gasteiger partial charge is 0.263 e. The first-order valence-corrected chi connectivity index (χ1v) is 29.3. The maximum absolute atomic E-state index is 4.96. The summed E-state index contributed by atoms with van der Waals surface area (Å²) in [6.07, 6.45) is 14.9. The van der Waals surface area contributed by atoms with Crippen LogP contribution in [0.4, 0.5) is 0 Å². The van der Waals surface area contributed by atoms with Crippen LogP contribution >= 0.6 is 0 Å². The van der Waals surface area contributed by atoms with Crippen molar-refractivity contribution in [3.8, 4) is 123 Å². The van der Waals surface area contributed by atoms with Crippen LogP contribution in [-0.4, -0.2) is 39.9 Å². The molecule has 0 amide bonds. The van der Waals surface area contributed by atoms with E-state index < -0.39 is 0 Å². The minimum Gasteiger partial charge on any atom is -0.263 e. The molecule has 8 nitrogen and oxygen atoms in total. The first-order valence-electron chi connectivity index (χ1n) is 29.3. The summed E-state index contributed by atoms with van der Waals surface area (Å²) in [6.45, 7) is 0. The molecule has 0 bridgehead atoms. The molecule has 0 unspecified atom stereocenters. The maximum Gasteiger partial charge on any atom is 0.116 e. The van der Waals surface area contributed by atoms with Crippen LogP contribution in [0.1, 0.15) is 0 Å². The Bertz CT molecular complexity index is 5220. The number of hydrogen-bond acceptors (Lipinski definition) is 8. The van der Waals surface area contributed by atoms with E-state index in [-0.39, 0.29) is 0 Å². The summed E-state index contributed by atoms with van der Waals surface area (Å²) in [4.78, 5) is 38.1. The second kappa shape index (κ2) is 22.2. The van der Waals surface area contributed by atoms with Crippen molar-refractivity contribution in [1.82, 2.24) is 39.9 Å². The van der Waals surface area contributed by atoms with Crippen LogP contribution in [0, 0.1) is 0 Å². The molecule has 0 aliphatic rings. The first kappa shape index (κ1) is 51.6. The first-order chi connectivity index (χ1) is 43.6. The fraction of sp³-hybridized carbons (Fsp3) is 0. The molecular weight excluding hydrogens is 1070 g/mol. The van der Waals surface area contributed by atoms with Gasteiger partial charge in [0.25, 0.3) is 0 Å². The van der Waals surface area contributed by atoms with Crippen molar-refractivity contribution in [1.29, 1.82) is 0 Å². The molecule has 8 heteroatoms. The molecule has 9 aromatic carbocycles. The van der Waals surface area contributed by atoms with E-state index in [0.717, 1.165) is 128 Å². The summed E-state index contributed by atoms with van der Waals surface area (Å²) >= 11 is 0. The van der Waals surface area contributed by atoms with E-state index in [1.807, 2.05) is 97.7 Å². The molecule has 410 valence electrons. The Morgan fingerprint density at radius 1 is 0.193 bits per heavy atom. The van der Waals surface area contributed by atoms with Crippen molar-refractivity contribution in [3.05, 3.63) is 304 Å². The topological polar surface area (TPSA) is 103 Å². The van der Waals surface area contributed by atoms with Gasteiger partial charge in [-0.2, -0.15) is 0 Å². The lowest BCUT2D eigenvalue weighted by Crippen LogP contribution is -1.94. The number of hydrogen-bond donors (Lipinski definition) is 0. The van der Waals surface area contributed by atoms with E-state index in [2.05, 4.69) is 203 Å². The van der Waals surface area contributed by atoms with E-state index in [0.29, 0.717) is 0 Å². The van der Waals surface area contributed by atoms with Gasteiger partial charge < -0.3 is 0 Å². The number of fused-ring (bicyclic) bond motifs is 5. The fourth-order valence-electron chi connectivity index (χ4n) is 12.5. The van der Waals surface area contributed by atoms with Crippen LogP contribution in [0.2, 0.25) is 0 Å². The monoisotopic (exact) mass is 1120 g/mol. The Morgan fingerprint density at radius 2 is 0.591 bits per heavy atom. The van der Waals surface area contributed by atoms with Gasteiger partial charge in [0.2, 0.25) is 0 Å². The van der Waals surface area contributed by atoms with Crippen molar-refractivity contribution in [2.45, 2.75) is 0 Å². The zero-order valence-corrected chi connectivity index (χ0v) is 47.4. The number of pyridine rings is 6. The number of nitrogens with zero attached hydrogens (tertiary/aromatic N) is 8. The predicted octanol–water partition coefficient (Wildman–Crippen LogP) is 19.8. The van der Waals surface area contributed by atoms with Crippen LogP contribution in [0.5, 0.6) is 0 Å². The number of benzene rings is 9. The number of rotatable bonds is 11. The third kappa shape index (κ3) is 9.48. The molecule has 0 radical (unpaired) electrons. The van der Waals surface area contributed by atoms with Gasteiger partial charge in [0.1, 0.15) is 6.33 Å². The molecule has 0 spiro atoms. The quantitative estimate of drug-likeness (QED) is 0.0932. The van der Waals surface area contributed by atoms with Crippen molar-refractivity contribution < 1.29 is 0 Å². The van der Waals surface area contributed by atoms with Crippen LogP contribution in [0.25, 0.3) is 166 Å². The predicted molar refractivity (Wildman–Crippen MR) is 359 cm³/mol. The van der Waals surface area contributed by atoms with Crippen molar-refractivity contribution in [3.63, 3.8) is 0 Å². The summed E-state index contributed by atoms with van der Waals surface area (Å²) in [5, 5.41) is 8.11. The third-order valence-electron chi connectivity index (χ3n) is 16.7. The van der Waals surface area contributed by atoms with Crippen LogP contribution < -0.4 is 0 Å².